The maximum atomic E-state index is 11.0. The van der Waals surface area contributed by atoms with Crippen LogP contribution in [0.1, 0.15) is 45.4 Å². The Balaban J connectivity index is 1.64. The van der Waals surface area contributed by atoms with Crippen LogP contribution >= 0.6 is 0 Å². The molecule has 0 radical (unpaired) electrons. The highest BCUT2D eigenvalue weighted by molar-refractivity contribution is 5.93. The summed E-state index contributed by atoms with van der Waals surface area (Å²) in [6.07, 6.45) is 9.12. The number of anilines is 2. The van der Waals surface area contributed by atoms with Crippen LogP contribution in [0.25, 0.3) is 10.9 Å². The zero-order valence-corrected chi connectivity index (χ0v) is 16.8. The van der Waals surface area contributed by atoms with Crippen molar-refractivity contribution in [3.63, 3.8) is 0 Å². The molecule has 152 valence electrons. The highest BCUT2D eigenvalue weighted by Gasteiger charge is 2.08. The van der Waals surface area contributed by atoms with Crippen LogP contribution in [-0.4, -0.2) is 16.5 Å². The van der Waals surface area contributed by atoms with E-state index in [1.807, 2.05) is 24.3 Å². The monoisotopic (exact) mass is 393 g/mol. The van der Waals surface area contributed by atoms with Crippen molar-refractivity contribution >= 4 is 28.0 Å². The third-order valence-electron chi connectivity index (χ3n) is 4.82. The van der Waals surface area contributed by atoms with Crippen molar-refractivity contribution in [1.29, 1.82) is 0 Å². The van der Waals surface area contributed by atoms with Crippen molar-refractivity contribution < 1.29 is 9.66 Å². The maximum Gasteiger partial charge on any atom is 0.271 e. The van der Waals surface area contributed by atoms with Gasteiger partial charge in [0.2, 0.25) is 0 Å². The number of ether oxygens (including phenoxy) is 1. The van der Waals surface area contributed by atoms with Gasteiger partial charge in [0.15, 0.2) is 0 Å². The zero-order valence-electron chi connectivity index (χ0n) is 16.8. The molecule has 3 aromatic rings. The average molecular weight is 393 g/mol. The summed E-state index contributed by atoms with van der Waals surface area (Å²) in [6, 6.07) is 14.2. The van der Waals surface area contributed by atoms with Crippen molar-refractivity contribution in [2.75, 3.05) is 11.9 Å². The highest BCUT2D eigenvalue weighted by Crippen LogP contribution is 2.29. The summed E-state index contributed by atoms with van der Waals surface area (Å²) in [5.74, 6) is 0.811. The van der Waals surface area contributed by atoms with Crippen LogP contribution in [0.2, 0.25) is 0 Å². The lowest BCUT2D eigenvalue weighted by atomic mass is 10.1. The molecule has 2 aromatic carbocycles. The Bertz CT molecular complexity index is 959. The van der Waals surface area contributed by atoms with Gasteiger partial charge in [-0.1, -0.05) is 45.1 Å². The SMILES string of the molecule is CCCCCCCCOc1ccc2c(Nc3cccc([N+](=O)[O-])c3)ccnc2c1. The van der Waals surface area contributed by atoms with Gasteiger partial charge in [0, 0.05) is 41.2 Å². The van der Waals surface area contributed by atoms with E-state index in [1.54, 1.807) is 18.3 Å². The predicted octanol–water partition coefficient (Wildman–Crippen LogP) is 6.63. The van der Waals surface area contributed by atoms with Crippen LogP contribution in [0.4, 0.5) is 17.1 Å². The number of aromatic nitrogens is 1. The molecule has 0 spiro atoms. The van der Waals surface area contributed by atoms with E-state index in [9.17, 15) is 10.1 Å². The summed E-state index contributed by atoms with van der Waals surface area (Å²) in [7, 11) is 0. The highest BCUT2D eigenvalue weighted by atomic mass is 16.6. The fourth-order valence-electron chi connectivity index (χ4n) is 3.25. The van der Waals surface area contributed by atoms with E-state index >= 15 is 0 Å². The number of non-ortho nitro benzene ring substituents is 1. The van der Waals surface area contributed by atoms with Gasteiger partial charge in [-0.3, -0.25) is 15.1 Å². The lowest BCUT2D eigenvalue weighted by molar-refractivity contribution is -0.384. The number of nitrogens with one attached hydrogen (secondary N) is 1. The summed E-state index contributed by atoms with van der Waals surface area (Å²) in [5, 5.41) is 15.2. The average Bonchev–Trinajstić information content (AvgIpc) is 2.73. The Hall–Kier alpha value is -3.15. The summed E-state index contributed by atoms with van der Waals surface area (Å²) >= 11 is 0. The molecule has 0 aliphatic heterocycles. The van der Waals surface area contributed by atoms with Crippen molar-refractivity contribution in [2.24, 2.45) is 0 Å². The minimum Gasteiger partial charge on any atom is -0.494 e. The number of hydrogen-bond acceptors (Lipinski definition) is 5. The van der Waals surface area contributed by atoms with Crippen LogP contribution in [0.5, 0.6) is 5.75 Å². The molecule has 0 saturated heterocycles. The van der Waals surface area contributed by atoms with E-state index in [-0.39, 0.29) is 5.69 Å². The molecule has 0 unspecified atom stereocenters. The second kappa shape index (κ2) is 10.4. The van der Waals surface area contributed by atoms with Crippen LogP contribution in [0.15, 0.2) is 54.7 Å². The number of fused-ring (bicyclic) bond motifs is 1. The van der Waals surface area contributed by atoms with Gasteiger partial charge in [-0.25, -0.2) is 0 Å². The minimum atomic E-state index is -0.400. The molecule has 6 nitrogen and oxygen atoms in total. The number of nitrogens with zero attached hydrogens (tertiary/aromatic N) is 2. The van der Waals surface area contributed by atoms with Gasteiger partial charge < -0.3 is 10.1 Å². The Morgan fingerprint density at radius 2 is 1.86 bits per heavy atom. The molecule has 3 rings (SSSR count). The molecular weight excluding hydrogens is 366 g/mol. The van der Waals surface area contributed by atoms with Crippen molar-refractivity contribution in [2.45, 2.75) is 45.4 Å². The first-order valence-electron chi connectivity index (χ1n) is 10.2. The third kappa shape index (κ3) is 5.91. The standard InChI is InChI=1S/C23H27N3O3/c1-2-3-4-5-6-7-15-29-20-11-12-21-22(13-14-24-23(21)17-20)25-18-9-8-10-19(16-18)26(27)28/h8-14,16-17H,2-7,15H2,1H3,(H,24,25). The summed E-state index contributed by atoms with van der Waals surface area (Å²) in [4.78, 5) is 15.0. The van der Waals surface area contributed by atoms with Gasteiger partial charge in [-0.05, 0) is 30.7 Å². The third-order valence-corrected chi connectivity index (χ3v) is 4.82. The van der Waals surface area contributed by atoms with E-state index in [4.69, 9.17) is 4.74 Å². The van der Waals surface area contributed by atoms with Crippen LogP contribution < -0.4 is 10.1 Å². The summed E-state index contributed by atoms with van der Waals surface area (Å²) < 4.78 is 5.89. The predicted molar refractivity (Wildman–Crippen MR) is 117 cm³/mol. The van der Waals surface area contributed by atoms with Crippen molar-refractivity contribution in [1.82, 2.24) is 4.98 Å². The lowest BCUT2D eigenvalue weighted by Crippen LogP contribution is -1.98. The van der Waals surface area contributed by atoms with Gasteiger partial charge >= 0.3 is 0 Å². The first-order valence-corrected chi connectivity index (χ1v) is 10.2. The topological polar surface area (TPSA) is 77.3 Å². The van der Waals surface area contributed by atoms with E-state index in [0.717, 1.165) is 28.8 Å². The van der Waals surface area contributed by atoms with Crippen LogP contribution in [-0.2, 0) is 0 Å². The summed E-state index contributed by atoms with van der Waals surface area (Å²) in [5.41, 5.74) is 2.38. The number of nitro benzene ring substituents is 1. The van der Waals surface area contributed by atoms with E-state index < -0.39 is 4.92 Å². The number of benzene rings is 2. The first kappa shape index (κ1) is 20.6. The maximum absolute atomic E-state index is 11.0. The van der Waals surface area contributed by atoms with Gasteiger partial charge in [-0.15, -0.1) is 0 Å². The Morgan fingerprint density at radius 1 is 1.03 bits per heavy atom. The van der Waals surface area contributed by atoms with E-state index in [1.165, 1.54) is 44.2 Å². The second-order valence-electron chi connectivity index (χ2n) is 7.09. The molecule has 0 fully saturated rings. The van der Waals surface area contributed by atoms with Crippen molar-refractivity contribution in [3.8, 4) is 5.75 Å². The first-order chi connectivity index (χ1) is 14.2. The molecule has 0 amide bonds. The van der Waals surface area contributed by atoms with Crippen LogP contribution in [0, 0.1) is 10.1 Å². The number of nitro groups is 1. The largest absolute Gasteiger partial charge is 0.494 e. The Labute approximate surface area is 171 Å². The van der Waals surface area contributed by atoms with E-state index in [0.29, 0.717) is 12.3 Å². The number of hydrogen-bond donors (Lipinski definition) is 1. The summed E-state index contributed by atoms with van der Waals surface area (Å²) in [6.45, 7) is 2.94. The normalized spacial score (nSPS) is 10.8. The fraction of sp³-hybridized carbons (Fsp3) is 0.348. The number of pyridine rings is 1. The zero-order chi connectivity index (χ0) is 20.5. The molecule has 0 aliphatic carbocycles. The lowest BCUT2D eigenvalue weighted by Gasteiger charge is -2.11. The number of rotatable bonds is 11. The Kier molecular flexibility index (Phi) is 7.39. The molecular formula is C23H27N3O3. The molecule has 29 heavy (non-hydrogen) atoms. The second-order valence-corrected chi connectivity index (χ2v) is 7.09. The molecule has 1 heterocycles. The molecule has 0 aliphatic rings. The molecule has 6 heteroatoms. The van der Waals surface area contributed by atoms with Gasteiger partial charge in [-0.2, -0.15) is 0 Å². The molecule has 0 saturated carbocycles. The van der Waals surface area contributed by atoms with Gasteiger partial charge in [0.25, 0.3) is 5.69 Å². The quantitative estimate of drug-likeness (QED) is 0.225. The van der Waals surface area contributed by atoms with Crippen molar-refractivity contribution in [3.05, 3.63) is 64.8 Å². The van der Waals surface area contributed by atoms with E-state index in [2.05, 4.69) is 17.2 Å². The molecule has 0 bridgehead atoms. The molecule has 0 atom stereocenters. The molecule has 1 aromatic heterocycles. The number of unbranched alkanes of at least 4 members (excludes halogenated alkanes) is 5. The molecule has 1 N–H and O–H groups in total. The van der Waals surface area contributed by atoms with Crippen LogP contribution in [0.3, 0.4) is 0 Å². The van der Waals surface area contributed by atoms with Gasteiger partial charge in [0.05, 0.1) is 17.0 Å². The smallest absolute Gasteiger partial charge is 0.271 e. The minimum absolute atomic E-state index is 0.0544. The Morgan fingerprint density at radius 3 is 2.69 bits per heavy atom. The fourth-order valence-corrected chi connectivity index (χ4v) is 3.25. The van der Waals surface area contributed by atoms with Gasteiger partial charge in [0.1, 0.15) is 5.75 Å².